The Morgan fingerprint density at radius 1 is 1.04 bits per heavy atom. The first-order valence-electron chi connectivity index (χ1n) is 8.56. The standard InChI is InChI=1S/C21H19NO2S2/c23-20(15-19-10-5-12-25-19)22-11-13-26-21(22)16-6-4-9-18(14-16)24-17-7-2-1-3-8-17/h1-10,12,14,21H,11,13,15H2/t21-/m1/s1. The number of nitrogens with zero attached hydrogens (tertiary/aromatic N) is 1. The van der Waals surface area contributed by atoms with Crippen molar-refractivity contribution in [2.24, 2.45) is 0 Å². The third-order valence-electron chi connectivity index (χ3n) is 4.24. The van der Waals surface area contributed by atoms with Crippen LogP contribution in [0.3, 0.4) is 0 Å². The molecular formula is C21H19NO2S2. The topological polar surface area (TPSA) is 29.5 Å². The van der Waals surface area contributed by atoms with Gasteiger partial charge in [0, 0.05) is 17.2 Å². The molecule has 1 fully saturated rings. The third kappa shape index (κ3) is 3.94. The summed E-state index contributed by atoms with van der Waals surface area (Å²) in [5.41, 5.74) is 1.11. The summed E-state index contributed by atoms with van der Waals surface area (Å²) in [6.45, 7) is 0.795. The van der Waals surface area contributed by atoms with Crippen LogP contribution in [0, 0.1) is 0 Å². The van der Waals surface area contributed by atoms with Gasteiger partial charge in [-0.25, -0.2) is 0 Å². The molecule has 0 N–H and O–H groups in total. The molecule has 1 atom stereocenters. The van der Waals surface area contributed by atoms with Crippen molar-refractivity contribution in [2.75, 3.05) is 12.3 Å². The summed E-state index contributed by atoms with van der Waals surface area (Å²) in [4.78, 5) is 15.9. The van der Waals surface area contributed by atoms with Gasteiger partial charge in [-0.3, -0.25) is 4.79 Å². The number of amides is 1. The number of thiophene rings is 1. The average molecular weight is 382 g/mol. The van der Waals surface area contributed by atoms with Crippen LogP contribution in [-0.2, 0) is 11.2 Å². The van der Waals surface area contributed by atoms with E-state index in [-0.39, 0.29) is 11.3 Å². The number of ether oxygens (including phenoxy) is 1. The van der Waals surface area contributed by atoms with E-state index in [4.69, 9.17) is 4.74 Å². The number of carbonyl (C=O) groups excluding carboxylic acids is 1. The highest BCUT2D eigenvalue weighted by molar-refractivity contribution is 7.99. The summed E-state index contributed by atoms with van der Waals surface area (Å²) in [6.07, 6.45) is 0.481. The molecule has 0 bridgehead atoms. The second-order valence-corrected chi connectivity index (χ2v) is 8.27. The normalized spacial score (nSPS) is 16.6. The number of carbonyl (C=O) groups is 1. The fourth-order valence-electron chi connectivity index (χ4n) is 3.02. The van der Waals surface area contributed by atoms with Crippen LogP contribution in [0.25, 0.3) is 0 Å². The predicted molar refractivity (Wildman–Crippen MR) is 108 cm³/mol. The fraction of sp³-hybridized carbons (Fsp3) is 0.190. The zero-order valence-corrected chi connectivity index (χ0v) is 15.8. The molecule has 1 aromatic heterocycles. The van der Waals surface area contributed by atoms with Crippen molar-refractivity contribution in [3.05, 3.63) is 82.6 Å². The molecule has 5 heteroatoms. The van der Waals surface area contributed by atoms with Gasteiger partial charge in [-0.2, -0.15) is 0 Å². The predicted octanol–water partition coefficient (Wildman–Crippen LogP) is 5.36. The number of hydrogen-bond donors (Lipinski definition) is 0. The lowest BCUT2D eigenvalue weighted by Crippen LogP contribution is -2.31. The first-order valence-corrected chi connectivity index (χ1v) is 10.5. The van der Waals surface area contributed by atoms with Crippen LogP contribution in [-0.4, -0.2) is 23.1 Å². The molecule has 2 aromatic carbocycles. The molecule has 4 rings (SSSR count). The van der Waals surface area contributed by atoms with Crippen molar-refractivity contribution in [1.82, 2.24) is 4.90 Å². The molecule has 3 nitrogen and oxygen atoms in total. The Hall–Kier alpha value is -2.24. The lowest BCUT2D eigenvalue weighted by atomic mass is 10.2. The Morgan fingerprint density at radius 2 is 1.88 bits per heavy atom. The molecule has 0 unspecified atom stereocenters. The Kier molecular flexibility index (Phi) is 5.27. The van der Waals surface area contributed by atoms with Crippen molar-refractivity contribution >= 4 is 29.0 Å². The molecule has 0 saturated carbocycles. The summed E-state index contributed by atoms with van der Waals surface area (Å²) in [5, 5.41) is 2.07. The van der Waals surface area contributed by atoms with Crippen LogP contribution in [0.2, 0.25) is 0 Å². The summed E-state index contributed by atoms with van der Waals surface area (Å²) in [6, 6.07) is 21.8. The number of thioether (sulfide) groups is 1. The highest BCUT2D eigenvalue weighted by atomic mass is 32.2. The maximum atomic E-state index is 12.8. The van der Waals surface area contributed by atoms with Gasteiger partial charge < -0.3 is 9.64 Å². The molecule has 0 spiro atoms. The number of hydrogen-bond acceptors (Lipinski definition) is 4. The molecule has 26 heavy (non-hydrogen) atoms. The average Bonchev–Trinajstić information content (AvgIpc) is 3.34. The largest absolute Gasteiger partial charge is 0.457 e. The lowest BCUT2D eigenvalue weighted by molar-refractivity contribution is -0.130. The molecule has 1 amide bonds. The van der Waals surface area contributed by atoms with E-state index in [1.807, 2.05) is 82.7 Å². The lowest BCUT2D eigenvalue weighted by Gasteiger charge is -2.24. The van der Waals surface area contributed by atoms with Gasteiger partial charge in [0.25, 0.3) is 0 Å². The van der Waals surface area contributed by atoms with E-state index in [0.29, 0.717) is 6.42 Å². The maximum absolute atomic E-state index is 12.8. The molecule has 1 saturated heterocycles. The second kappa shape index (κ2) is 7.98. The molecule has 0 radical (unpaired) electrons. The second-order valence-electron chi connectivity index (χ2n) is 6.05. The first-order chi connectivity index (χ1) is 12.8. The smallest absolute Gasteiger partial charge is 0.229 e. The zero-order chi connectivity index (χ0) is 17.8. The van der Waals surface area contributed by atoms with Crippen molar-refractivity contribution < 1.29 is 9.53 Å². The molecule has 1 aliphatic rings. The summed E-state index contributed by atoms with van der Waals surface area (Å²) in [7, 11) is 0. The highest BCUT2D eigenvalue weighted by Gasteiger charge is 2.30. The van der Waals surface area contributed by atoms with E-state index in [1.165, 1.54) is 0 Å². The van der Waals surface area contributed by atoms with Crippen LogP contribution >= 0.6 is 23.1 Å². The van der Waals surface area contributed by atoms with Crippen molar-refractivity contribution in [3.8, 4) is 11.5 Å². The Balaban J connectivity index is 1.50. The van der Waals surface area contributed by atoms with Gasteiger partial charge in [-0.1, -0.05) is 36.4 Å². The van der Waals surface area contributed by atoms with E-state index in [2.05, 4.69) is 6.07 Å². The maximum Gasteiger partial charge on any atom is 0.229 e. The Bertz CT molecular complexity index is 865. The summed E-state index contributed by atoms with van der Waals surface area (Å²) >= 11 is 3.45. The van der Waals surface area contributed by atoms with Crippen LogP contribution in [0.15, 0.2) is 72.1 Å². The monoisotopic (exact) mass is 381 g/mol. The van der Waals surface area contributed by atoms with Gasteiger partial charge in [0.2, 0.25) is 5.91 Å². The van der Waals surface area contributed by atoms with Crippen molar-refractivity contribution in [3.63, 3.8) is 0 Å². The quantitative estimate of drug-likeness (QED) is 0.596. The minimum atomic E-state index is 0.0572. The van der Waals surface area contributed by atoms with Crippen molar-refractivity contribution in [1.29, 1.82) is 0 Å². The Morgan fingerprint density at radius 3 is 2.69 bits per heavy atom. The minimum absolute atomic E-state index is 0.0572. The molecule has 0 aliphatic carbocycles. The van der Waals surface area contributed by atoms with E-state index in [0.717, 1.165) is 34.2 Å². The van der Waals surface area contributed by atoms with Crippen LogP contribution in [0.4, 0.5) is 0 Å². The van der Waals surface area contributed by atoms with Gasteiger partial charge in [0.05, 0.1) is 6.42 Å². The van der Waals surface area contributed by atoms with Crippen LogP contribution < -0.4 is 4.74 Å². The van der Waals surface area contributed by atoms with Gasteiger partial charge in [-0.05, 0) is 41.3 Å². The van der Waals surface area contributed by atoms with Crippen molar-refractivity contribution in [2.45, 2.75) is 11.8 Å². The first kappa shape index (κ1) is 17.2. The van der Waals surface area contributed by atoms with E-state index in [9.17, 15) is 4.79 Å². The Labute approximate surface area is 161 Å². The van der Waals surface area contributed by atoms with Gasteiger partial charge >= 0.3 is 0 Å². The zero-order valence-electron chi connectivity index (χ0n) is 14.2. The summed E-state index contributed by atoms with van der Waals surface area (Å²) in [5.74, 6) is 2.77. The summed E-state index contributed by atoms with van der Waals surface area (Å²) < 4.78 is 5.95. The number of para-hydroxylation sites is 1. The van der Waals surface area contributed by atoms with E-state index < -0.39 is 0 Å². The molecule has 3 aromatic rings. The number of benzene rings is 2. The SMILES string of the molecule is O=C(Cc1cccs1)N1CCS[C@@H]1c1cccc(Oc2ccccc2)c1. The minimum Gasteiger partial charge on any atom is -0.457 e. The van der Waals surface area contributed by atoms with Gasteiger partial charge in [-0.15, -0.1) is 23.1 Å². The molecule has 1 aliphatic heterocycles. The number of rotatable bonds is 5. The van der Waals surface area contributed by atoms with Gasteiger partial charge in [0.15, 0.2) is 0 Å². The fourth-order valence-corrected chi connectivity index (χ4v) is 4.98. The van der Waals surface area contributed by atoms with E-state index in [1.54, 1.807) is 11.3 Å². The third-order valence-corrected chi connectivity index (χ3v) is 6.38. The van der Waals surface area contributed by atoms with E-state index >= 15 is 0 Å². The van der Waals surface area contributed by atoms with Gasteiger partial charge in [0.1, 0.15) is 16.9 Å². The highest BCUT2D eigenvalue weighted by Crippen LogP contribution is 2.39. The van der Waals surface area contributed by atoms with Crippen LogP contribution in [0.5, 0.6) is 11.5 Å². The van der Waals surface area contributed by atoms with Crippen LogP contribution in [0.1, 0.15) is 15.8 Å². The molecule has 2 heterocycles. The molecule has 132 valence electrons. The molecular weight excluding hydrogens is 362 g/mol.